The summed E-state index contributed by atoms with van der Waals surface area (Å²) in [7, 11) is 4.57. The number of fused-ring (bicyclic) bond motifs is 18. The van der Waals surface area contributed by atoms with Crippen molar-refractivity contribution >= 4 is 11.4 Å². The van der Waals surface area contributed by atoms with Gasteiger partial charge in [-0.05, 0) is 69.5 Å². The van der Waals surface area contributed by atoms with E-state index in [0.29, 0.717) is 0 Å². The molecule has 0 N–H and O–H groups in total. The molecule has 0 saturated heterocycles. The van der Waals surface area contributed by atoms with Gasteiger partial charge in [0.05, 0.1) is 11.1 Å². The monoisotopic (exact) mass is 911 g/mol. The average molecular weight is 912 g/mol. The third kappa shape index (κ3) is 5.00. The molecule has 0 aromatic heterocycles. The first-order chi connectivity index (χ1) is 27.6. The van der Waals surface area contributed by atoms with Gasteiger partial charge in [0.15, 0.2) is 0 Å². The summed E-state index contributed by atoms with van der Waals surface area (Å²) >= 11 is 0. The van der Waals surface area contributed by atoms with Crippen LogP contribution in [0, 0.1) is 12.1 Å². The molecule has 2 nitrogen and oxygen atoms in total. The molecule has 2 spiro atoms. The number of para-hydroxylation sites is 2. The molecule has 0 atom stereocenters. The maximum absolute atomic E-state index is 4.14. The van der Waals surface area contributed by atoms with Crippen LogP contribution >= 0.6 is 0 Å². The van der Waals surface area contributed by atoms with Gasteiger partial charge < -0.3 is 9.80 Å². The summed E-state index contributed by atoms with van der Waals surface area (Å²) < 4.78 is 0. The van der Waals surface area contributed by atoms with Gasteiger partial charge in [-0.1, -0.05) is 156 Å². The van der Waals surface area contributed by atoms with Crippen LogP contribution < -0.4 is 9.80 Å². The summed E-state index contributed by atoms with van der Waals surface area (Å²) in [5.41, 5.74) is 18.0. The molecule has 0 radical (unpaired) electrons. The number of rotatable bonds is 0. The van der Waals surface area contributed by atoms with E-state index < -0.39 is 11.1 Å². The minimum atomic E-state index is -0.678. The van der Waals surface area contributed by atoms with E-state index in [-0.39, 0.29) is 21.1 Å². The predicted molar refractivity (Wildman–Crippen MR) is 229 cm³/mol. The Morgan fingerprint density at radius 2 is 0.684 bits per heavy atom. The van der Waals surface area contributed by atoms with Crippen LogP contribution in [-0.2, 0) is 45.0 Å². The largest absolute Gasteiger partial charge is 4.00 e. The molecule has 57 heavy (non-hydrogen) atoms. The number of nitrogens with zero attached hydrogens (tertiary/aromatic N) is 2. The Morgan fingerprint density at radius 1 is 0.368 bits per heavy atom. The van der Waals surface area contributed by atoms with Crippen LogP contribution in [0.4, 0.5) is 11.4 Å². The van der Waals surface area contributed by atoms with Crippen molar-refractivity contribution < 1.29 is 21.1 Å². The van der Waals surface area contributed by atoms with Crippen LogP contribution in [0.15, 0.2) is 182 Å². The van der Waals surface area contributed by atoms with Crippen LogP contribution in [0.2, 0.25) is 0 Å². The van der Waals surface area contributed by atoms with Gasteiger partial charge in [0.2, 0.25) is 0 Å². The molecule has 4 bridgehead atoms. The van der Waals surface area contributed by atoms with E-state index >= 15 is 0 Å². The summed E-state index contributed by atoms with van der Waals surface area (Å²) in [5, 5.41) is 0. The molecule has 0 unspecified atom stereocenters. The van der Waals surface area contributed by atoms with Crippen LogP contribution in [0.25, 0.3) is 22.3 Å². The summed E-state index contributed by atoms with van der Waals surface area (Å²) in [6.45, 7) is 0. The average Bonchev–Trinajstić information content (AvgIpc) is 3.26. The van der Waals surface area contributed by atoms with Crippen LogP contribution in [-0.4, -0.2) is 14.1 Å². The fraction of sp³-hybridized carbons (Fsp3) is 0.111. The Balaban J connectivity index is 0.00000396. The zero-order valence-electron chi connectivity index (χ0n) is 31.9. The smallest absolute Gasteiger partial charge is 0.365 e. The first kappa shape index (κ1) is 35.5. The van der Waals surface area contributed by atoms with Crippen molar-refractivity contribution in [3.8, 4) is 22.3 Å². The molecule has 3 heteroatoms. The Hall–Kier alpha value is -5.95. The van der Waals surface area contributed by atoms with Crippen molar-refractivity contribution in [2.45, 2.75) is 23.9 Å². The Kier molecular flexibility index (Phi) is 8.47. The molecule has 0 amide bonds. The standard InChI is InChI=1S/C54H40N2.Pt/c1-55-51-31-13-7-25-45(51)37-21-16-24-44(36-37)54(49-29-11-5-19-41(49)34-42-20-6-12-30-50(42)54)56(2)52-32-14-8-26-46(52)38-22-15-23-43(35-38)53(55)47-27-9-3-17-39(47)33-40-18-4-10-28-48(40)53;/h3-32H,33-34H2,1-2H3;/q-2;+4. The van der Waals surface area contributed by atoms with Gasteiger partial charge in [0.1, 0.15) is 0 Å². The van der Waals surface area contributed by atoms with Crippen LogP contribution in [0.1, 0.15) is 55.6 Å². The van der Waals surface area contributed by atoms with E-state index in [1.165, 1.54) is 44.5 Å². The van der Waals surface area contributed by atoms with Gasteiger partial charge >= 0.3 is 21.1 Å². The summed E-state index contributed by atoms with van der Waals surface area (Å²) in [6, 6.07) is 75.7. The summed E-state index contributed by atoms with van der Waals surface area (Å²) in [4.78, 5) is 5.06. The molecule has 8 aromatic carbocycles. The quantitative estimate of drug-likeness (QED) is 0.140. The van der Waals surface area contributed by atoms with E-state index in [1.54, 1.807) is 0 Å². The van der Waals surface area contributed by atoms with Gasteiger partial charge in [0.25, 0.3) is 0 Å². The second-order valence-electron chi connectivity index (χ2n) is 15.5. The maximum Gasteiger partial charge on any atom is 4.00 e. The minimum absolute atomic E-state index is 0. The fourth-order valence-electron chi connectivity index (χ4n) is 10.5. The first-order valence-electron chi connectivity index (χ1n) is 19.7. The van der Waals surface area contributed by atoms with E-state index in [4.69, 9.17) is 0 Å². The normalized spacial score (nSPS) is 15.1. The molecule has 274 valence electrons. The zero-order chi connectivity index (χ0) is 37.4. The third-order valence-corrected chi connectivity index (χ3v) is 12.9. The third-order valence-electron chi connectivity index (χ3n) is 12.9. The molecule has 11 rings (SSSR count). The SMILES string of the molecule is CN1c2ccccc2-c2[c-]c(ccc2)C2(c3ccccc3Cc3ccccc32)N(C)c2ccccc2-c2[c-]c(ccc2)C12c1ccccc1Cc1ccccc12.[Pt+4]. The zero-order valence-corrected chi connectivity index (χ0v) is 34.2. The van der Waals surface area contributed by atoms with Crippen LogP contribution in [0.3, 0.4) is 0 Å². The Labute approximate surface area is 350 Å². The summed E-state index contributed by atoms with van der Waals surface area (Å²) in [6.07, 6.45) is 1.77. The number of hydrogen-bond donors (Lipinski definition) is 0. The Bertz CT molecular complexity index is 2550. The van der Waals surface area contributed by atoms with Crippen molar-refractivity contribution in [2.75, 3.05) is 23.9 Å². The van der Waals surface area contributed by atoms with Gasteiger partial charge in [-0.3, -0.25) is 0 Å². The van der Waals surface area contributed by atoms with Crippen molar-refractivity contribution in [1.29, 1.82) is 0 Å². The van der Waals surface area contributed by atoms with Gasteiger partial charge in [-0.2, -0.15) is 0 Å². The van der Waals surface area contributed by atoms with E-state index in [9.17, 15) is 0 Å². The molecule has 0 saturated carbocycles. The van der Waals surface area contributed by atoms with Crippen molar-refractivity contribution in [3.05, 3.63) is 250 Å². The molecule has 2 aliphatic carbocycles. The van der Waals surface area contributed by atoms with Crippen molar-refractivity contribution in [2.24, 2.45) is 0 Å². The fourth-order valence-corrected chi connectivity index (χ4v) is 10.5. The van der Waals surface area contributed by atoms with Crippen molar-refractivity contribution in [1.82, 2.24) is 0 Å². The first-order valence-corrected chi connectivity index (χ1v) is 19.7. The predicted octanol–water partition coefficient (Wildman–Crippen LogP) is 11.6. The maximum atomic E-state index is 4.14. The van der Waals surface area contributed by atoms with E-state index in [1.807, 2.05) is 0 Å². The van der Waals surface area contributed by atoms with Crippen molar-refractivity contribution in [3.63, 3.8) is 0 Å². The van der Waals surface area contributed by atoms with E-state index in [0.717, 1.165) is 57.6 Å². The number of benzene rings is 8. The topological polar surface area (TPSA) is 6.48 Å². The molecule has 1 heterocycles. The second-order valence-corrected chi connectivity index (χ2v) is 15.5. The van der Waals surface area contributed by atoms with Crippen LogP contribution in [0.5, 0.6) is 0 Å². The Morgan fingerprint density at radius 3 is 1.05 bits per heavy atom. The number of hydrogen-bond acceptors (Lipinski definition) is 2. The minimum Gasteiger partial charge on any atom is -0.365 e. The van der Waals surface area contributed by atoms with E-state index in [2.05, 4.69) is 218 Å². The second kappa shape index (κ2) is 13.6. The molecule has 8 aromatic rings. The molecule has 0 fully saturated rings. The van der Waals surface area contributed by atoms with Gasteiger partial charge in [-0.15, -0.1) is 59.7 Å². The van der Waals surface area contributed by atoms with Gasteiger partial charge in [0, 0.05) is 25.5 Å². The molecular weight excluding hydrogens is 872 g/mol. The molecular formula is C54H40N2Pt+2. The van der Waals surface area contributed by atoms with Gasteiger partial charge in [-0.25, -0.2) is 0 Å². The summed E-state index contributed by atoms with van der Waals surface area (Å²) in [5.74, 6) is 0. The number of anilines is 2. The molecule has 1 aliphatic heterocycles. The molecule has 3 aliphatic rings.